The van der Waals surface area contributed by atoms with Crippen LogP contribution < -0.4 is 0 Å². The van der Waals surface area contributed by atoms with Crippen molar-refractivity contribution in [3.63, 3.8) is 0 Å². The van der Waals surface area contributed by atoms with Crippen LogP contribution >= 0.6 is 69.3 Å². The summed E-state index contributed by atoms with van der Waals surface area (Å²) in [6, 6.07) is 86.5. The number of hydrogen-bond donors (Lipinski definition) is 0. The molecule has 0 amide bonds. The fourth-order valence-corrected chi connectivity index (χ4v) is 25.8. The maximum absolute atomic E-state index is 6.26. The Labute approximate surface area is 859 Å². The highest BCUT2D eigenvalue weighted by molar-refractivity contribution is 8.02. The Morgan fingerprint density at radius 2 is 0.454 bits per heavy atom. The first-order valence-electron chi connectivity index (χ1n) is 49.0. The van der Waals surface area contributed by atoms with Crippen molar-refractivity contribution in [1.29, 1.82) is 0 Å². The summed E-state index contributed by atoms with van der Waals surface area (Å²) in [5.41, 5.74) is 6.55. The van der Waals surface area contributed by atoms with Crippen molar-refractivity contribution in [2.24, 2.45) is 23.7 Å². The van der Waals surface area contributed by atoms with Crippen LogP contribution in [0.4, 0.5) is 0 Å². The van der Waals surface area contributed by atoms with Gasteiger partial charge in [0.25, 0.3) is 0 Å². The van der Waals surface area contributed by atoms with Gasteiger partial charge in [0.1, 0.15) is 33.6 Å². The molecule has 0 bridgehead atoms. The fourth-order valence-electron chi connectivity index (χ4n) is 19.1. The van der Waals surface area contributed by atoms with Gasteiger partial charge in [-0.25, -0.2) is 0 Å². The molecule has 0 aliphatic heterocycles. The molecule has 0 spiro atoms. The summed E-state index contributed by atoms with van der Waals surface area (Å²) >= 11 is 10.9. The molecule has 714 valence electrons. The second-order valence-corrected chi connectivity index (χ2v) is 46.5. The van der Waals surface area contributed by atoms with Gasteiger partial charge in [-0.05, 0) is 322 Å². The smallest absolute Gasteiger partial charge is 0.133 e. The number of fused-ring (bicyclic) bond motifs is 12. The summed E-state index contributed by atoms with van der Waals surface area (Å²) in [5, 5.41) is 24.0. The molecule has 141 heavy (non-hydrogen) atoms. The number of thiophene rings is 3. The second kappa shape index (κ2) is 43.1. The Hall–Kier alpha value is -11.3. The number of ether oxygens (including phenoxy) is 6. The average Bonchev–Trinajstić information content (AvgIpc) is 1.73. The minimum absolute atomic E-state index is 0.206. The van der Waals surface area contributed by atoms with Crippen LogP contribution in [0.15, 0.2) is 264 Å². The third kappa shape index (κ3) is 21.5. The maximum atomic E-state index is 6.26. The number of aryl methyl sites for hydroxylation is 3. The zero-order chi connectivity index (χ0) is 100. The van der Waals surface area contributed by atoms with Crippen LogP contribution in [0.25, 0.3) is 127 Å². The van der Waals surface area contributed by atoms with Crippen LogP contribution in [-0.2, 0) is 28.4 Å². The molecule has 0 atom stereocenters. The van der Waals surface area contributed by atoms with E-state index in [1.54, 1.807) is 54.4 Å². The van der Waals surface area contributed by atoms with E-state index in [0.717, 1.165) is 124 Å². The molecule has 18 rings (SSSR count). The summed E-state index contributed by atoms with van der Waals surface area (Å²) in [7, 11) is 10.6. The first kappa shape index (κ1) is 103. The first-order valence-corrected chi connectivity index (χ1v) is 53.9. The number of hydrogen-bond acceptors (Lipinski definition) is 12. The standard InChI is InChI=1S/C47H50O2S2.C43H42O2S2.C39H34O2S2/c1-29(2)46(48-10,30(3)4)22-20-38-40-24-34-14-12-13-15-35(34)25-41(40)39(21-23-47(49-11,31(5)6)32(7)8)43-28-44-36(26-42(38)43)27-45(51-44)50-37-18-16-33(9)17-19-37;1-8-42(9-2,44-6)22-20-34-36-24-30-14-12-13-15-31(30)25-37(36)35(21-23-43(10-3,11-4)45-7)39-28-40-32(26-38(34)39)27-41(47-40)46-33-18-16-29(5)17-19-33;1-25-12-14-29(15-13-25)42-37-23-28-22-34-30(16-18-38(2,3)40-6)32-20-26-10-8-9-11-27(26)21-33(32)31(17-19-39(4,5)41-7)35(34)24-36(28)43-37/h12-19,24-32H,1-11H3;12-19,24-28H,8-11H2,1-7H3;8-15,20-24H,1-7H3. The molecule has 12 heteroatoms. The van der Waals surface area contributed by atoms with E-state index in [4.69, 9.17) is 28.4 Å². The van der Waals surface area contributed by atoms with Gasteiger partial charge in [-0.1, -0.05) is 315 Å². The largest absolute Gasteiger partial charge is 0.366 e. The van der Waals surface area contributed by atoms with Gasteiger partial charge >= 0.3 is 0 Å². The van der Waals surface area contributed by atoms with Crippen LogP contribution in [0.2, 0.25) is 0 Å². The van der Waals surface area contributed by atoms with E-state index in [2.05, 4.69) is 411 Å². The lowest BCUT2D eigenvalue weighted by Crippen LogP contribution is -2.41. The molecule has 0 radical (unpaired) electrons. The molecule has 3 heterocycles. The van der Waals surface area contributed by atoms with Crippen molar-refractivity contribution in [1.82, 2.24) is 0 Å². The van der Waals surface area contributed by atoms with Gasteiger partial charge in [0.2, 0.25) is 0 Å². The fraction of sp³-hybridized carbons (Fsp3) is 0.302. The third-order valence-corrected chi connectivity index (χ3v) is 34.9. The van der Waals surface area contributed by atoms with Gasteiger partial charge in [-0.3, -0.25) is 0 Å². The molecule has 6 nitrogen and oxygen atoms in total. The summed E-state index contributed by atoms with van der Waals surface area (Å²) in [4.78, 5) is 3.72. The summed E-state index contributed by atoms with van der Waals surface area (Å²) in [6.45, 7) is 40.6. The Kier molecular flexibility index (Phi) is 31.3. The molecule has 3 aromatic heterocycles. The summed E-state index contributed by atoms with van der Waals surface area (Å²) < 4.78 is 43.4. The van der Waals surface area contributed by atoms with E-state index in [1.165, 1.54) is 107 Å². The van der Waals surface area contributed by atoms with Gasteiger partial charge in [-0.15, -0.1) is 34.0 Å². The summed E-state index contributed by atoms with van der Waals surface area (Å²) in [5.74, 6) is 44.3. The highest BCUT2D eigenvalue weighted by atomic mass is 32.2. The lowest BCUT2D eigenvalue weighted by atomic mass is 9.79. The van der Waals surface area contributed by atoms with E-state index in [-0.39, 0.29) is 23.7 Å². The SMILES string of the molecule is CCC(C#Cc1c2cc3ccccc3cc2c(C#CC(CC)(CC)OC)c2cc3sc(Sc4ccc(C)cc4)cc3cc12)(CC)OC.COC(C#Cc1c2cc3ccccc3cc2c(C#CC(OC)(C(C)C)C(C)C)c2cc3sc(Sc4ccc(C)cc4)cc3cc12)(C(C)C)C(C)C.COC(C)(C)C#Cc1c2cc3ccccc3cc2c(C#CC(C)(C)OC)c2cc3sc(Sc4ccc(C)cc4)cc3cc12. The highest BCUT2D eigenvalue weighted by Crippen LogP contribution is 2.49. The molecule has 0 N–H and O–H groups in total. The molecule has 15 aromatic carbocycles. The maximum Gasteiger partial charge on any atom is 0.133 e. The average molecular weight is 1960 g/mol. The van der Waals surface area contributed by atoms with E-state index in [9.17, 15) is 0 Å². The van der Waals surface area contributed by atoms with Gasteiger partial charge in [0, 0.05) is 121 Å². The molecular weight excluding hydrogens is 1840 g/mol. The van der Waals surface area contributed by atoms with Crippen molar-refractivity contribution in [2.75, 3.05) is 42.7 Å². The number of rotatable bonds is 20. The highest BCUT2D eigenvalue weighted by Gasteiger charge is 2.38. The van der Waals surface area contributed by atoms with Gasteiger partial charge in [-0.2, -0.15) is 0 Å². The first-order chi connectivity index (χ1) is 67.7. The van der Waals surface area contributed by atoms with E-state index in [0.29, 0.717) is 0 Å². The predicted octanol–water partition coefficient (Wildman–Crippen LogP) is 35.2. The van der Waals surface area contributed by atoms with Crippen molar-refractivity contribution in [3.8, 4) is 71.0 Å². The minimum atomic E-state index is -0.592. The van der Waals surface area contributed by atoms with Crippen LogP contribution in [0.3, 0.4) is 0 Å². The minimum Gasteiger partial charge on any atom is -0.366 e. The van der Waals surface area contributed by atoms with Gasteiger partial charge < -0.3 is 28.4 Å². The Balaban J connectivity index is 0.000000153. The monoisotopic (exact) mass is 1960 g/mol. The van der Waals surface area contributed by atoms with Crippen molar-refractivity contribution in [3.05, 3.63) is 287 Å². The van der Waals surface area contributed by atoms with Crippen molar-refractivity contribution in [2.45, 2.75) is 218 Å². The van der Waals surface area contributed by atoms with Crippen LogP contribution in [0.5, 0.6) is 0 Å². The van der Waals surface area contributed by atoms with E-state index in [1.807, 2.05) is 85.2 Å². The lowest BCUT2D eigenvalue weighted by molar-refractivity contribution is -0.0338. The normalized spacial score (nSPS) is 12.1. The van der Waals surface area contributed by atoms with E-state index >= 15 is 0 Å². The zero-order valence-electron chi connectivity index (χ0n) is 86.1. The Bertz CT molecular complexity index is 7810. The Morgan fingerprint density at radius 1 is 0.248 bits per heavy atom. The van der Waals surface area contributed by atoms with Gasteiger partial charge in [0.15, 0.2) is 0 Å². The van der Waals surface area contributed by atoms with E-state index < -0.39 is 33.6 Å². The Morgan fingerprint density at radius 3 is 0.652 bits per heavy atom. The zero-order valence-corrected chi connectivity index (χ0v) is 91.0. The molecule has 0 unspecified atom stereocenters. The quantitative estimate of drug-likeness (QED) is 0.0549. The molecule has 18 aromatic rings. The molecule has 0 aliphatic rings. The molecule has 0 saturated heterocycles. The third-order valence-electron chi connectivity index (χ3n) is 28.3. The second-order valence-electron chi connectivity index (χ2n) is 39.1. The number of benzene rings is 15. The van der Waals surface area contributed by atoms with Gasteiger partial charge in [0.05, 0.1) is 12.6 Å². The molecular formula is C129H126O6S6. The topological polar surface area (TPSA) is 55.4 Å². The molecule has 0 saturated carbocycles. The predicted molar refractivity (Wildman–Crippen MR) is 612 cm³/mol. The summed E-state index contributed by atoms with van der Waals surface area (Å²) in [6.07, 6.45) is 3.27. The van der Waals surface area contributed by atoms with Crippen molar-refractivity contribution >= 4 is 197 Å². The molecule has 0 aliphatic carbocycles. The number of methoxy groups -OCH3 is 6. The van der Waals surface area contributed by atoms with Crippen molar-refractivity contribution < 1.29 is 28.4 Å². The van der Waals surface area contributed by atoms with Crippen LogP contribution in [0, 0.1) is 115 Å². The van der Waals surface area contributed by atoms with Crippen LogP contribution in [-0.4, -0.2) is 76.3 Å². The van der Waals surface area contributed by atoms with Crippen LogP contribution in [0.1, 0.15) is 187 Å². The molecule has 0 fully saturated rings. The lowest BCUT2D eigenvalue weighted by Gasteiger charge is -2.35.